The van der Waals surface area contributed by atoms with Gasteiger partial charge in [-0.25, -0.2) is 5.48 Å². The molecule has 7 heteroatoms. The summed E-state index contributed by atoms with van der Waals surface area (Å²) in [6, 6.07) is 1.89. The number of rotatable bonds is 10. The van der Waals surface area contributed by atoms with Crippen LogP contribution in [0.25, 0.3) is 23.7 Å². The van der Waals surface area contributed by atoms with E-state index in [1.807, 2.05) is 25.1 Å². The Hall–Kier alpha value is -2.80. The molecule has 2 heterocycles. The smallest absolute Gasteiger partial charge is 0.244 e. The summed E-state index contributed by atoms with van der Waals surface area (Å²) in [6.45, 7) is 5.77. The monoisotopic (exact) mass is 424 g/mol. The van der Waals surface area contributed by atoms with Crippen molar-refractivity contribution in [1.29, 1.82) is 0 Å². The molecule has 2 aromatic rings. The highest BCUT2D eigenvalue weighted by molar-refractivity contribution is 5.75. The summed E-state index contributed by atoms with van der Waals surface area (Å²) in [7, 11) is 0. The number of hydrogen-bond donors (Lipinski definition) is 2. The van der Waals surface area contributed by atoms with E-state index < -0.39 is 5.91 Å². The van der Waals surface area contributed by atoms with Crippen LogP contribution < -0.4 is 5.48 Å². The van der Waals surface area contributed by atoms with E-state index in [1.165, 1.54) is 32.1 Å². The normalized spacial score (nSPS) is 15.8. The van der Waals surface area contributed by atoms with Crippen molar-refractivity contribution < 1.29 is 14.5 Å². The predicted molar refractivity (Wildman–Crippen MR) is 120 cm³/mol. The predicted octanol–water partition coefficient (Wildman–Crippen LogP) is 5.54. The first-order valence-electron chi connectivity index (χ1n) is 11.2. The topological polar surface area (TPSA) is 101 Å². The van der Waals surface area contributed by atoms with Gasteiger partial charge in [0.15, 0.2) is 0 Å². The van der Waals surface area contributed by atoms with Crippen LogP contribution in [0.3, 0.4) is 0 Å². The van der Waals surface area contributed by atoms with Gasteiger partial charge in [0.05, 0.1) is 0 Å². The van der Waals surface area contributed by atoms with E-state index in [4.69, 9.17) is 9.73 Å². The van der Waals surface area contributed by atoms with Gasteiger partial charge in [0.25, 0.3) is 0 Å². The fourth-order valence-electron chi connectivity index (χ4n) is 4.31. The Morgan fingerprint density at radius 3 is 2.87 bits per heavy atom. The van der Waals surface area contributed by atoms with Crippen LogP contribution in [0.1, 0.15) is 87.6 Å². The van der Waals surface area contributed by atoms with Crippen LogP contribution in [0, 0.1) is 5.92 Å². The Bertz CT molecular complexity index is 900. The fraction of sp³-hybridized carbons (Fsp3) is 0.500. The van der Waals surface area contributed by atoms with Crippen molar-refractivity contribution in [1.82, 2.24) is 20.6 Å². The van der Waals surface area contributed by atoms with E-state index in [2.05, 4.69) is 21.7 Å². The van der Waals surface area contributed by atoms with Crippen LogP contribution in [-0.2, 0) is 4.79 Å². The fourth-order valence-corrected chi connectivity index (χ4v) is 4.31. The molecule has 0 bridgehead atoms. The molecule has 2 aromatic heterocycles. The van der Waals surface area contributed by atoms with E-state index in [0.29, 0.717) is 17.4 Å². The molecule has 1 saturated carbocycles. The zero-order chi connectivity index (χ0) is 22.1. The van der Waals surface area contributed by atoms with E-state index in [0.717, 1.165) is 36.3 Å². The van der Waals surface area contributed by atoms with Crippen molar-refractivity contribution in [3.63, 3.8) is 0 Å². The molecule has 1 amide bonds. The molecule has 166 valence electrons. The molecule has 0 radical (unpaired) electrons. The van der Waals surface area contributed by atoms with Crippen LogP contribution in [-0.4, -0.2) is 26.2 Å². The van der Waals surface area contributed by atoms with Crippen LogP contribution in [0.2, 0.25) is 0 Å². The minimum Gasteiger partial charge on any atom is -0.339 e. The molecule has 31 heavy (non-hydrogen) atoms. The molecular formula is C24H32N4O3. The zero-order valence-corrected chi connectivity index (χ0v) is 18.2. The van der Waals surface area contributed by atoms with Crippen LogP contribution in [0.15, 0.2) is 29.4 Å². The summed E-state index contributed by atoms with van der Waals surface area (Å²) in [5.41, 5.74) is 4.21. The third-order valence-corrected chi connectivity index (χ3v) is 6.00. The third-order valence-electron chi connectivity index (χ3n) is 6.00. The SMILES string of the molecule is C=Cc1cnc(-c2noc([C@H](CCCC3CCCCC3)CC(=O)NO)n2)cc1/C=C\C. The Kier molecular flexibility index (Phi) is 8.53. The van der Waals surface area contributed by atoms with Gasteiger partial charge in [-0.15, -0.1) is 0 Å². The quantitative estimate of drug-likeness (QED) is 0.384. The summed E-state index contributed by atoms with van der Waals surface area (Å²) in [6.07, 6.45) is 17.0. The first-order chi connectivity index (χ1) is 15.1. The molecule has 0 unspecified atom stereocenters. The molecule has 0 spiro atoms. The highest BCUT2D eigenvalue weighted by Gasteiger charge is 2.24. The number of nitrogens with one attached hydrogen (secondary N) is 1. The maximum atomic E-state index is 11.8. The first kappa shape index (κ1) is 22.9. The maximum Gasteiger partial charge on any atom is 0.244 e. The molecule has 7 nitrogen and oxygen atoms in total. The molecule has 3 rings (SSSR count). The van der Waals surface area contributed by atoms with E-state index in [9.17, 15) is 4.79 Å². The van der Waals surface area contributed by atoms with Crippen LogP contribution >= 0.6 is 0 Å². The second-order valence-electron chi connectivity index (χ2n) is 8.23. The lowest BCUT2D eigenvalue weighted by atomic mass is 9.84. The second-order valence-corrected chi connectivity index (χ2v) is 8.23. The molecule has 0 aliphatic heterocycles. The lowest BCUT2D eigenvalue weighted by Gasteiger charge is -2.22. The van der Waals surface area contributed by atoms with Gasteiger partial charge >= 0.3 is 0 Å². The molecule has 0 saturated heterocycles. The van der Waals surface area contributed by atoms with Crippen molar-refractivity contribution in [2.75, 3.05) is 0 Å². The lowest BCUT2D eigenvalue weighted by Crippen LogP contribution is -2.21. The van der Waals surface area contributed by atoms with Gasteiger partial charge in [-0.05, 0) is 36.5 Å². The van der Waals surface area contributed by atoms with E-state index in [1.54, 1.807) is 17.8 Å². The highest BCUT2D eigenvalue weighted by atomic mass is 16.5. The number of carbonyl (C=O) groups excluding carboxylic acids is 1. The van der Waals surface area contributed by atoms with Gasteiger partial charge in [-0.2, -0.15) is 4.98 Å². The number of hydroxylamine groups is 1. The van der Waals surface area contributed by atoms with Gasteiger partial charge < -0.3 is 4.52 Å². The first-order valence-corrected chi connectivity index (χ1v) is 11.2. The number of nitrogens with zero attached hydrogens (tertiary/aromatic N) is 3. The Morgan fingerprint density at radius 2 is 2.16 bits per heavy atom. The highest BCUT2D eigenvalue weighted by Crippen LogP contribution is 2.31. The number of amides is 1. The molecule has 1 aliphatic carbocycles. The Morgan fingerprint density at radius 1 is 1.35 bits per heavy atom. The van der Waals surface area contributed by atoms with E-state index in [-0.39, 0.29) is 12.3 Å². The largest absolute Gasteiger partial charge is 0.339 e. The molecule has 0 aromatic carbocycles. The molecular weight excluding hydrogens is 392 g/mol. The van der Waals surface area contributed by atoms with Gasteiger partial charge in [0.2, 0.25) is 17.6 Å². The summed E-state index contributed by atoms with van der Waals surface area (Å²) in [5.74, 6) is 0.880. The Balaban J connectivity index is 1.73. The van der Waals surface area contributed by atoms with Crippen molar-refractivity contribution >= 4 is 18.1 Å². The van der Waals surface area contributed by atoms with Crippen molar-refractivity contribution in [2.45, 2.75) is 70.6 Å². The molecule has 1 aliphatic rings. The number of aromatic nitrogens is 3. The summed E-state index contributed by atoms with van der Waals surface area (Å²) in [5, 5.41) is 13.1. The van der Waals surface area contributed by atoms with Gasteiger partial charge in [0, 0.05) is 18.5 Å². The third kappa shape index (κ3) is 6.34. The Labute approximate surface area is 183 Å². The van der Waals surface area contributed by atoms with Crippen molar-refractivity contribution in [2.24, 2.45) is 5.92 Å². The standard InChI is InChI=1S/C24H32N4O3/c1-3-9-19-14-21(25-16-18(19)4-2)23-26-24(31-28-23)20(15-22(29)27-30)13-8-12-17-10-6-5-7-11-17/h3-4,9,14,16-17,20,30H,2,5-8,10-13,15H2,1H3,(H,27,29)/b9-3-/t20-/m1/s1. The number of hydrogen-bond acceptors (Lipinski definition) is 6. The maximum absolute atomic E-state index is 11.8. The van der Waals surface area contributed by atoms with Gasteiger partial charge in [-0.3, -0.25) is 15.0 Å². The van der Waals surface area contributed by atoms with Crippen LogP contribution in [0.5, 0.6) is 0 Å². The summed E-state index contributed by atoms with van der Waals surface area (Å²) < 4.78 is 5.52. The second kappa shape index (κ2) is 11.6. The van der Waals surface area contributed by atoms with Gasteiger partial charge in [-0.1, -0.05) is 74.9 Å². The summed E-state index contributed by atoms with van der Waals surface area (Å²) in [4.78, 5) is 20.8. The molecule has 2 N–H and O–H groups in total. The average Bonchev–Trinajstić information content (AvgIpc) is 3.29. The zero-order valence-electron chi connectivity index (χ0n) is 18.2. The van der Waals surface area contributed by atoms with Gasteiger partial charge in [0.1, 0.15) is 5.69 Å². The summed E-state index contributed by atoms with van der Waals surface area (Å²) >= 11 is 0. The average molecular weight is 425 g/mol. The number of allylic oxidation sites excluding steroid dienone is 1. The van der Waals surface area contributed by atoms with Crippen LogP contribution in [0.4, 0.5) is 0 Å². The minimum absolute atomic E-state index is 0.107. The minimum atomic E-state index is -0.453. The van der Waals surface area contributed by atoms with E-state index >= 15 is 0 Å². The number of carbonyl (C=O) groups is 1. The lowest BCUT2D eigenvalue weighted by molar-refractivity contribution is -0.129. The van der Waals surface area contributed by atoms with Crippen molar-refractivity contribution in [3.8, 4) is 11.5 Å². The molecule has 1 fully saturated rings. The molecule has 1 atom stereocenters. The number of pyridine rings is 1. The van der Waals surface area contributed by atoms with Crippen molar-refractivity contribution in [3.05, 3.63) is 41.9 Å².